The highest BCUT2D eigenvalue weighted by Gasteiger charge is 2.06. The third kappa shape index (κ3) is 1.20. The van der Waals surface area contributed by atoms with Crippen molar-refractivity contribution in [1.29, 1.82) is 0 Å². The van der Waals surface area contributed by atoms with Crippen molar-refractivity contribution >= 4 is 29.2 Å². The molecule has 0 radical (unpaired) electrons. The van der Waals surface area contributed by atoms with E-state index >= 15 is 0 Å². The summed E-state index contributed by atoms with van der Waals surface area (Å²) >= 11 is 0. The molecule has 70 valence electrons. The summed E-state index contributed by atoms with van der Waals surface area (Å²) in [6.45, 7) is 0. The molecule has 0 aliphatic carbocycles. The molecular formula is C7H6N6O. The molecule has 0 saturated carbocycles. The molecule has 0 aliphatic heterocycles. The largest absolute Gasteiger partial charge is 0.382 e. The van der Waals surface area contributed by atoms with Crippen LogP contribution in [0.3, 0.4) is 0 Å². The quantitative estimate of drug-likeness (QED) is 0.575. The van der Waals surface area contributed by atoms with Crippen molar-refractivity contribution in [3.05, 3.63) is 11.9 Å². The van der Waals surface area contributed by atoms with E-state index in [-0.39, 0.29) is 28.6 Å². The number of nitrogens with two attached hydrogens (primary N) is 2. The first-order chi connectivity index (χ1) is 6.70. The van der Waals surface area contributed by atoms with E-state index in [0.717, 1.165) is 0 Å². The molecular weight excluding hydrogens is 184 g/mol. The van der Waals surface area contributed by atoms with E-state index in [1.807, 2.05) is 0 Å². The van der Waals surface area contributed by atoms with E-state index in [2.05, 4.69) is 19.9 Å². The molecule has 0 fully saturated rings. The van der Waals surface area contributed by atoms with Crippen LogP contribution in [0, 0.1) is 0 Å². The molecule has 0 aliphatic rings. The van der Waals surface area contributed by atoms with Gasteiger partial charge in [0.2, 0.25) is 5.95 Å². The standard InChI is InChI=1S/C7H6N6O/c8-5-4-6(13-7(9)12-5)10-1-3(2-14)11-4/h1-2H,(H4,8,9,10,12,13). The fourth-order valence-electron chi connectivity index (χ4n) is 1.02. The lowest BCUT2D eigenvalue weighted by Crippen LogP contribution is -2.04. The van der Waals surface area contributed by atoms with Crippen molar-refractivity contribution in [3.8, 4) is 0 Å². The van der Waals surface area contributed by atoms with E-state index in [0.29, 0.717) is 6.29 Å². The normalized spacial score (nSPS) is 10.3. The Bertz CT molecular complexity index is 511. The molecule has 2 rings (SSSR count). The Hall–Kier alpha value is -2.31. The number of carbonyl (C=O) groups excluding carboxylic acids is 1. The molecule has 2 heterocycles. The van der Waals surface area contributed by atoms with E-state index < -0.39 is 0 Å². The van der Waals surface area contributed by atoms with E-state index in [1.165, 1.54) is 6.20 Å². The first-order valence-electron chi connectivity index (χ1n) is 3.71. The maximum absolute atomic E-state index is 10.4. The Morgan fingerprint density at radius 1 is 1.21 bits per heavy atom. The summed E-state index contributed by atoms with van der Waals surface area (Å²) in [4.78, 5) is 25.7. The van der Waals surface area contributed by atoms with E-state index in [4.69, 9.17) is 11.5 Å². The third-order valence-corrected chi connectivity index (χ3v) is 1.59. The second kappa shape index (κ2) is 2.87. The number of carbonyl (C=O) groups is 1. The van der Waals surface area contributed by atoms with Gasteiger partial charge in [-0.25, -0.2) is 9.97 Å². The molecule has 7 nitrogen and oxygen atoms in total. The zero-order chi connectivity index (χ0) is 10.1. The minimum Gasteiger partial charge on any atom is -0.382 e. The van der Waals surface area contributed by atoms with E-state index in [9.17, 15) is 4.79 Å². The lowest BCUT2D eigenvalue weighted by Gasteiger charge is -2.00. The lowest BCUT2D eigenvalue weighted by atomic mass is 10.4. The average Bonchev–Trinajstić information content (AvgIpc) is 2.17. The summed E-state index contributed by atoms with van der Waals surface area (Å²) in [7, 11) is 0. The SMILES string of the molecule is Nc1nc(N)c2nc(C=O)cnc2n1. The van der Waals surface area contributed by atoms with Crippen LogP contribution in [-0.2, 0) is 0 Å². The maximum atomic E-state index is 10.4. The average molecular weight is 190 g/mol. The molecule has 2 aromatic heterocycles. The predicted molar refractivity (Wildman–Crippen MR) is 49.3 cm³/mol. The number of hydrogen-bond donors (Lipinski definition) is 2. The number of fused-ring (bicyclic) bond motifs is 1. The first-order valence-corrected chi connectivity index (χ1v) is 3.71. The Morgan fingerprint density at radius 2 is 2.00 bits per heavy atom. The lowest BCUT2D eigenvalue weighted by molar-refractivity contribution is 0.111. The highest BCUT2D eigenvalue weighted by molar-refractivity contribution is 5.84. The Morgan fingerprint density at radius 3 is 2.71 bits per heavy atom. The van der Waals surface area contributed by atoms with Crippen LogP contribution >= 0.6 is 0 Å². The van der Waals surface area contributed by atoms with Gasteiger partial charge in [0, 0.05) is 0 Å². The number of aromatic nitrogens is 4. The van der Waals surface area contributed by atoms with Gasteiger partial charge in [-0.05, 0) is 0 Å². The minimum absolute atomic E-state index is 0.0307. The number of hydrogen-bond acceptors (Lipinski definition) is 7. The maximum Gasteiger partial charge on any atom is 0.224 e. The van der Waals surface area contributed by atoms with Crippen molar-refractivity contribution in [2.45, 2.75) is 0 Å². The second-order valence-electron chi connectivity index (χ2n) is 2.55. The number of aldehydes is 1. The fourth-order valence-corrected chi connectivity index (χ4v) is 1.02. The molecule has 14 heavy (non-hydrogen) atoms. The Kier molecular flexibility index (Phi) is 1.70. The van der Waals surface area contributed by atoms with Crippen LogP contribution in [0.15, 0.2) is 6.20 Å². The molecule has 0 saturated heterocycles. The van der Waals surface area contributed by atoms with Crippen molar-refractivity contribution in [3.63, 3.8) is 0 Å². The van der Waals surface area contributed by atoms with Crippen LogP contribution in [0.25, 0.3) is 11.2 Å². The van der Waals surface area contributed by atoms with Crippen LogP contribution in [0.2, 0.25) is 0 Å². The van der Waals surface area contributed by atoms with Gasteiger partial charge in [0.15, 0.2) is 23.3 Å². The summed E-state index contributed by atoms with van der Waals surface area (Å²) in [5.41, 5.74) is 11.6. The molecule has 0 aromatic carbocycles. The summed E-state index contributed by atoms with van der Waals surface area (Å²) in [5.74, 6) is 0.145. The van der Waals surface area contributed by atoms with Gasteiger partial charge in [-0.15, -0.1) is 0 Å². The van der Waals surface area contributed by atoms with Crippen LogP contribution < -0.4 is 11.5 Å². The third-order valence-electron chi connectivity index (χ3n) is 1.59. The number of nitrogen functional groups attached to an aromatic ring is 2. The first kappa shape index (κ1) is 8.30. The van der Waals surface area contributed by atoms with Crippen LogP contribution in [0.1, 0.15) is 10.5 Å². The summed E-state index contributed by atoms with van der Waals surface area (Å²) < 4.78 is 0. The second-order valence-corrected chi connectivity index (χ2v) is 2.55. The molecule has 2 aromatic rings. The molecule has 4 N–H and O–H groups in total. The smallest absolute Gasteiger partial charge is 0.224 e. The minimum atomic E-state index is 0.0307. The zero-order valence-electron chi connectivity index (χ0n) is 7.01. The van der Waals surface area contributed by atoms with Gasteiger partial charge in [-0.2, -0.15) is 9.97 Å². The Balaban J connectivity index is 2.81. The number of rotatable bonds is 1. The van der Waals surface area contributed by atoms with Gasteiger partial charge in [0.05, 0.1) is 6.20 Å². The van der Waals surface area contributed by atoms with Crippen LogP contribution in [-0.4, -0.2) is 26.2 Å². The van der Waals surface area contributed by atoms with Gasteiger partial charge in [-0.3, -0.25) is 4.79 Å². The Labute approximate surface area is 78.2 Å². The van der Waals surface area contributed by atoms with Gasteiger partial charge < -0.3 is 11.5 Å². The van der Waals surface area contributed by atoms with Crippen LogP contribution in [0.5, 0.6) is 0 Å². The highest BCUT2D eigenvalue weighted by Crippen LogP contribution is 2.13. The number of nitrogens with zero attached hydrogens (tertiary/aromatic N) is 4. The summed E-state index contributed by atoms with van der Waals surface area (Å²) in [6.07, 6.45) is 1.86. The van der Waals surface area contributed by atoms with Gasteiger partial charge in [0.25, 0.3) is 0 Å². The van der Waals surface area contributed by atoms with Crippen molar-refractivity contribution in [1.82, 2.24) is 19.9 Å². The highest BCUT2D eigenvalue weighted by atomic mass is 16.1. The zero-order valence-corrected chi connectivity index (χ0v) is 7.01. The molecule has 0 amide bonds. The number of anilines is 2. The van der Waals surface area contributed by atoms with Crippen molar-refractivity contribution < 1.29 is 4.79 Å². The van der Waals surface area contributed by atoms with Gasteiger partial charge in [-0.1, -0.05) is 0 Å². The van der Waals surface area contributed by atoms with Gasteiger partial charge >= 0.3 is 0 Å². The molecule has 0 atom stereocenters. The van der Waals surface area contributed by atoms with E-state index in [1.54, 1.807) is 0 Å². The molecule has 0 spiro atoms. The summed E-state index contributed by atoms with van der Waals surface area (Å²) in [5, 5.41) is 0. The predicted octanol–water partition coefficient (Wildman–Crippen LogP) is -0.603. The van der Waals surface area contributed by atoms with Gasteiger partial charge in [0.1, 0.15) is 5.69 Å². The van der Waals surface area contributed by atoms with Crippen LogP contribution in [0.4, 0.5) is 11.8 Å². The molecule has 0 bridgehead atoms. The monoisotopic (exact) mass is 190 g/mol. The topological polar surface area (TPSA) is 121 Å². The summed E-state index contributed by atoms with van der Waals surface area (Å²) in [6, 6.07) is 0. The van der Waals surface area contributed by atoms with Crippen molar-refractivity contribution in [2.24, 2.45) is 0 Å². The molecule has 0 unspecified atom stereocenters. The fraction of sp³-hybridized carbons (Fsp3) is 0. The molecule has 7 heteroatoms. The van der Waals surface area contributed by atoms with Crippen molar-refractivity contribution in [2.75, 3.05) is 11.5 Å².